The van der Waals surface area contributed by atoms with E-state index in [4.69, 9.17) is 23.7 Å². The Labute approximate surface area is 248 Å². The van der Waals surface area contributed by atoms with Crippen molar-refractivity contribution in [3.8, 4) is 28.7 Å². The Balaban J connectivity index is 0.00000722. The van der Waals surface area contributed by atoms with Gasteiger partial charge in [0.05, 0.1) is 35.5 Å². The molecule has 39 heavy (non-hydrogen) atoms. The second kappa shape index (κ2) is 18.2. The maximum absolute atomic E-state index is 5.68. The summed E-state index contributed by atoms with van der Waals surface area (Å²) in [6.45, 7) is 10.0. The Morgan fingerprint density at radius 1 is 0.769 bits per heavy atom. The molecule has 0 amide bonds. The molecule has 224 valence electrons. The molecule has 2 rings (SSSR count). The molecule has 0 radical (unpaired) electrons. The summed E-state index contributed by atoms with van der Waals surface area (Å²) in [5.41, 5.74) is 2.26. The van der Waals surface area contributed by atoms with Crippen molar-refractivity contribution < 1.29 is 23.7 Å². The molecule has 0 bridgehead atoms. The molecule has 0 fully saturated rings. The van der Waals surface area contributed by atoms with Gasteiger partial charge in [-0.3, -0.25) is 0 Å². The summed E-state index contributed by atoms with van der Waals surface area (Å²) in [5.74, 6) is 4.36. The first kappa shape index (κ1) is 36.8. The monoisotopic (exact) mass is 588 g/mol. The quantitative estimate of drug-likeness (QED) is 0.222. The van der Waals surface area contributed by atoms with Crippen LogP contribution in [-0.2, 0) is 0 Å². The molecule has 0 aliphatic heterocycles. The van der Waals surface area contributed by atoms with Crippen LogP contribution in [0.25, 0.3) is 0 Å². The van der Waals surface area contributed by atoms with Crippen LogP contribution >= 0.6 is 24.8 Å². The van der Waals surface area contributed by atoms with Crippen LogP contribution in [-0.4, -0.2) is 55.2 Å². The van der Waals surface area contributed by atoms with Crippen LogP contribution in [0.3, 0.4) is 0 Å². The number of rotatable bonds is 16. The lowest BCUT2D eigenvalue weighted by atomic mass is 9.80. The zero-order chi connectivity index (χ0) is 27.5. The molecule has 2 aromatic rings. The Bertz CT molecular complexity index is 951. The highest BCUT2D eigenvalue weighted by Crippen LogP contribution is 2.43. The van der Waals surface area contributed by atoms with Crippen molar-refractivity contribution >= 4 is 30.5 Å². The molecule has 0 aliphatic rings. The Morgan fingerprint density at radius 3 is 1.79 bits per heavy atom. The van der Waals surface area contributed by atoms with Crippen molar-refractivity contribution in [2.45, 2.75) is 59.0 Å². The number of benzene rings is 2. The largest absolute Gasteiger partial charge is 0.493 e. The molecule has 3 atom stereocenters. The van der Waals surface area contributed by atoms with Crippen LogP contribution in [0.1, 0.15) is 58.6 Å². The van der Waals surface area contributed by atoms with Gasteiger partial charge in [0.1, 0.15) is 0 Å². The molecule has 2 aromatic carbocycles. The molecule has 3 unspecified atom stereocenters. The highest BCUT2D eigenvalue weighted by molar-refractivity contribution is 5.85. The molecule has 0 heterocycles. The molecule has 1 N–H and O–H groups in total. The molecule has 0 aliphatic carbocycles. The molecule has 0 saturated carbocycles. The average Bonchev–Trinajstić information content (AvgIpc) is 2.92. The summed E-state index contributed by atoms with van der Waals surface area (Å²) in [6, 6.07) is 10.8. The number of hydrogen-bond acceptors (Lipinski definition) is 7. The fourth-order valence-corrected chi connectivity index (χ4v) is 4.81. The average molecular weight is 590 g/mol. The number of hydrogen-bond donors (Lipinski definition) is 1. The van der Waals surface area contributed by atoms with Crippen molar-refractivity contribution in [1.29, 1.82) is 0 Å². The van der Waals surface area contributed by atoms with Crippen molar-refractivity contribution in [2.75, 3.05) is 54.0 Å². The number of anilines is 1. The predicted octanol–water partition coefficient (Wildman–Crippen LogP) is 7.19. The minimum absolute atomic E-state index is 0. The predicted molar refractivity (Wildman–Crippen MR) is 167 cm³/mol. The maximum atomic E-state index is 5.68. The smallest absolute Gasteiger partial charge is 0.203 e. The van der Waals surface area contributed by atoms with E-state index in [-0.39, 0.29) is 30.9 Å². The van der Waals surface area contributed by atoms with E-state index >= 15 is 0 Å². The first-order valence-electron chi connectivity index (χ1n) is 13.2. The van der Waals surface area contributed by atoms with Crippen LogP contribution in [0.2, 0.25) is 0 Å². The van der Waals surface area contributed by atoms with Gasteiger partial charge >= 0.3 is 0 Å². The molecule has 9 heteroatoms. The standard InChI is InChI=1S/C30H48N2O5.2ClH/c1-11-21(4)31-29(22-17-27(35-8)30(37-10)28(18-22)36-9)24(20(2)3)13-12-16-32(5)23-14-15-25(33-6)26(19-23)34-7;;/h14-15,17-21,24,29,31H,11-13,16H2,1-10H3;2*1H. The van der Waals surface area contributed by atoms with Crippen molar-refractivity contribution in [1.82, 2.24) is 5.32 Å². The maximum Gasteiger partial charge on any atom is 0.203 e. The van der Waals surface area contributed by atoms with E-state index in [2.05, 4.69) is 63.2 Å². The molecule has 0 aromatic heterocycles. The van der Waals surface area contributed by atoms with Crippen LogP contribution in [0, 0.1) is 11.8 Å². The highest BCUT2D eigenvalue weighted by Gasteiger charge is 2.29. The van der Waals surface area contributed by atoms with Gasteiger partial charge in [0.15, 0.2) is 23.0 Å². The van der Waals surface area contributed by atoms with Gasteiger partial charge in [-0.2, -0.15) is 0 Å². The summed E-state index contributed by atoms with van der Waals surface area (Å²) >= 11 is 0. The Morgan fingerprint density at radius 2 is 1.33 bits per heavy atom. The summed E-state index contributed by atoms with van der Waals surface area (Å²) in [4.78, 5) is 2.27. The highest BCUT2D eigenvalue weighted by atomic mass is 35.5. The third-order valence-electron chi connectivity index (χ3n) is 7.25. The minimum Gasteiger partial charge on any atom is -0.493 e. The normalized spacial score (nSPS) is 12.9. The second-order valence-corrected chi connectivity index (χ2v) is 9.92. The van der Waals surface area contributed by atoms with Crippen molar-refractivity contribution in [2.24, 2.45) is 11.8 Å². The fourth-order valence-electron chi connectivity index (χ4n) is 4.81. The summed E-state index contributed by atoms with van der Waals surface area (Å²) in [6.07, 6.45) is 3.17. The zero-order valence-corrected chi connectivity index (χ0v) is 27.0. The topological polar surface area (TPSA) is 61.4 Å². The number of nitrogens with one attached hydrogen (secondary N) is 1. The molecular weight excluding hydrogens is 539 g/mol. The lowest BCUT2D eigenvalue weighted by Crippen LogP contribution is -2.37. The third kappa shape index (κ3) is 9.73. The summed E-state index contributed by atoms with van der Waals surface area (Å²) in [5, 5.41) is 3.91. The minimum atomic E-state index is 0. The van der Waals surface area contributed by atoms with E-state index in [1.165, 1.54) is 0 Å². The van der Waals surface area contributed by atoms with Gasteiger partial charge in [0, 0.05) is 37.4 Å². The van der Waals surface area contributed by atoms with E-state index in [1.54, 1.807) is 35.5 Å². The van der Waals surface area contributed by atoms with E-state index in [0.29, 0.717) is 35.1 Å². The van der Waals surface area contributed by atoms with Gasteiger partial charge < -0.3 is 33.9 Å². The second-order valence-electron chi connectivity index (χ2n) is 9.92. The van der Waals surface area contributed by atoms with Crippen LogP contribution in [0.5, 0.6) is 28.7 Å². The van der Waals surface area contributed by atoms with Gasteiger partial charge in [0.25, 0.3) is 0 Å². The molecular formula is C30H50Cl2N2O5. The molecule has 7 nitrogen and oxygen atoms in total. The lowest BCUT2D eigenvalue weighted by molar-refractivity contribution is 0.240. The van der Waals surface area contributed by atoms with Crippen LogP contribution < -0.4 is 33.9 Å². The van der Waals surface area contributed by atoms with Crippen molar-refractivity contribution in [3.63, 3.8) is 0 Å². The molecule has 0 spiro atoms. The van der Waals surface area contributed by atoms with Gasteiger partial charge in [-0.05, 0) is 67.9 Å². The zero-order valence-electron chi connectivity index (χ0n) is 25.3. The fraction of sp³-hybridized carbons (Fsp3) is 0.600. The first-order chi connectivity index (χ1) is 17.7. The van der Waals surface area contributed by atoms with Gasteiger partial charge in [-0.25, -0.2) is 0 Å². The Hall–Kier alpha value is -2.22. The number of methoxy groups -OCH3 is 5. The number of ether oxygens (including phenoxy) is 5. The first-order valence-corrected chi connectivity index (χ1v) is 13.2. The SMILES string of the molecule is CCC(C)NC(c1cc(OC)c(OC)c(OC)c1)C(CCCN(C)c1ccc(OC)c(OC)c1)C(C)C.Cl.Cl. The summed E-state index contributed by atoms with van der Waals surface area (Å²) in [7, 11) is 10.4. The molecule has 0 saturated heterocycles. The van der Waals surface area contributed by atoms with Crippen LogP contribution in [0.15, 0.2) is 30.3 Å². The number of nitrogens with zero attached hydrogens (tertiary/aromatic N) is 1. The van der Waals surface area contributed by atoms with Gasteiger partial charge in [0.2, 0.25) is 5.75 Å². The third-order valence-corrected chi connectivity index (χ3v) is 7.25. The van der Waals surface area contributed by atoms with E-state index in [9.17, 15) is 0 Å². The van der Waals surface area contributed by atoms with E-state index < -0.39 is 0 Å². The van der Waals surface area contributed by atoms with Gasteiger partial charge in [-0.1, -0.05) is 20.8 Å². The Kier molecular flexibility index (Phi) is 17.2. The van der Waals surface area contributed by atoms with E-state index in [1.807, 2.05) is 12.1 Å². The lowest BCUT2D eigenvalue weighted by Gasteiger charge is -2.35. The number of halogens is 2. The summed E-state index contributed by atoms with van der Waals surface area (Å²) < 4.78 is 27.8. The van der Waals surface area contributed by atoms with Crippen LogP contribution in [0.4, 0.5) is 5.69 Å². The van der Waals surface area contributed by atoms with E-state index in [0.717, 1.165) is 48.6 Å². The van der Waals surface area contributed by atoms with Crippen molar-refractivity contribution in [3.05, 3.63) is 35.9 Å². The van der Waals surface area contributed by atoms with Gasteiger partial charge in [-0.15, -0.1) is 24.8 Å².